The predicted molar refractivity (Wildman–Crippen MR) is 163 cm³/mol. The second-order valence-corrected chi connectivity index (χ2v) is 10.7. The van der Waals surface area contributed by atoms with Crippen LogP contribution in [0.3, 0.4) is 0 Å². The maximum Gasteiger partial charge on any atom is 0.336 e. The van der Waals surface area contributed by atoms with E-state index in [1.165, 1.54) is 20.9 Å². The number of hydrogen-bond acceptors (Lipinski definition) is 1. The molecule has 0 aliphatic heterocycles. The summed E-state index contributed by atoms with van der Waals surface area (Å²) in [6.45, 7) is 0. The fraction of sp³-hybridized carbons (Fsp3) is 0. The molecular weight excluding hydrogens is 500 g/mol. The molecule has 0 radical (unpaired) electrons. The van der Waals surface area contributed by atoms with Crippen molar-refractivity contribution in [1.82, 2.24) is 0 Å². The lowest BCUT2D eigenvalue weighted by Gasteiger charge is -2.08. The Morgan fingerprint density at radius 1 is 0.366 bits per heavy atom. The SMILES string of the molecule is O=C(O)c1cc2cc3ccc4cc(ccc4c13)=c1ccc(cc1)=c1ccc(cc1)=c1ccc(cc1)=c1ccc=2cc1. The van der Waals surface area contributed by atoms with Crippen molar-refractivity contribution in [3.8, 4) is 0 Å². The highest BCUT2D eigenvalue weighted by Crippen LogP contribution is 2.29. The summed E-state index contributed by atoms with van der Waals surface area (Å²) in [5, 5.41) is 25.0. The van der Waals surface area contributed by atoms with Gasteiger partial charge in [-0.1, -0.05) is 121 Å². The number of carbonyl (C=O) groups is 1. The molecule has 2 nitrogen and oxygen atoms in total. The summed E-state index contributed by atoms with van der Waals surface area (Å²) < 4.78 is 0. The van der Waals surface area contributed by atoms with Gasteiger partial charge in [-0.2, -0.15) is 0 Å². The summed E-state index contributed by atoms with van der Waals surface area (Å²) in [6.07, 6.45) is 0. The van der Waals surface area contributed by atoms with Gasteiger partial charge in [0.25, 0.3) is 0 Å². The predicted octanol–water partition coefficient (Wildman–Crippen LogP) is 8.44. The van der Waals surface area contributed by atoms with Gasteiger partial charge in [0, 0.05) is 5.39 Å². The number of aromatic carboxylic acids is 1. The smallest absolute Gasteiger partial charge is 0.336 e. The van der Waals surface area contributed by atoms with E-state index < -0.39 is 5.97 Å². The van der Waals surface area contributed by atoms with Crippen LogP contribution in [0.4, 0.5) is 0 Å². The third-order valence-electron chi connectivity index (χ3n) is 8.37. The van der Waals surface area contributed by atoms with Crippen LogP contribution in [-0.2, 0) is 0 Å². The molecule has 2 heteroatoms. The van der Waals surface area contributed by atoms with E-state index in [-0.39, 0.29) is 0 Å². The topological polar surface area (TPSA) is 37.3 Å². The molecule has 0 aromatic heterocycles. The Bertz CT molecular complexity index is 2640. The Morgan fingerprint density at radius 2 is 0.707 bits per heavy atom. The highest BCUT2D eigenvalue weighted by molar-refractivity contribution is 6.16. The zero-order chi connectivity index (χ0) is 27.5. The zero-order valence-corrected chi connectivity index (χ0v) is 22.1. The summed E-state index contributed by atoms with van der Waals surface area (Å²) >= 11 is 0. The Balaban J connectivity index is 1.57. The second-order valence-electron chi connectivity index (χ2n) is 10.7. The third-order valence-corrected chi connectivity index (χ3v) is 8.37. The number of carboxylic acid groups (broad SMARTS) is 1. The van der Waals surface area contributed by atoms with Gasteiger partial charge in [-0.3, -0.25) is 0 Å². The van der Waals surface area contributed by atoms with E-state index in [9.17, 15) is 9.90 Å². The average molecular weight is 525 g/mol. The van der Waals surface area contributed by atoms with Crippen LogP contribution in [0.2, 0.25) is 0 Å². The normalized spacial score (nSPS) is 11.6. The van der Waals surface area contributed by atoms with Crippen LogP contribution in [0.1, 0.15) is 10.4 Å². The van der Waals surface area contributed by atoms with Crippen LogP contribution in [0.25, 0.3) is 21.5 Å². The van der Waals surface area contributed by atoms with Crippen molar-refractivity contribution in [2.45, 2.75) is 0 Å². The standard InChI is InChI=1S/C39H24O2/c40-39(41)37-23-35-22-34-18-17-33-21-32(19-20-36(33)38(34)37)30-13-9-28(10-14-30)26-5-1-24(2-6-26)25-3-7-27(8-4-25)29-11-15-31(35)16-12-29/h1-23H,(H,40,41). The van der Waals surface area contributed by atoms with Crippen molar-refractivity contribution in [2.75, 3.05) is 0 Å². The maximum absolute atomic E-state index is 12.5. The van der Waals surface area contributed by atoms with Crippen molar-refractivity contribution in [3.05, 3.63) is 197 Å². The molecular formula is C39H24O2. The van der Waals surface area contributed by atoms with E-state index in [1.54, 1.807) is 0 Å². The third kappa shape index (κ3) is 3.92. The fourth-order valence-electron chi connectivity index (χ4n) is 6.14. The van der Waals surface area contributed by atoms with Gasteiger partial charge in [0.05, 0.1) is 5.56 Å². The maximum atomic E-state index is 12.5. The fourth-order valence-corrected chi connectivity index (χ4v) is 6.14. The van der Waals surface area contributed by atoms with E-state index in [0.717, 1.165) is 52.9 Å². The number of carboxylic acids is 1. The van der Waals surface area contributed by atoms with Gasteiger partial charge in [0.15, 0.2) is 0 Å². The molecule has 0 unspecified atom stereocenters. The molecule has 0 saturated heterocycles. The molecule has 23 rings (SSSR count). The van der Waals surface area contributed by atoms with Gasteiger partial charge in [-0.05, 0) is 86.5 Å². The number of benzene rings is 7. The minimum atomic E-state index is -0.921. The minimum Gasteiger partial charge on any atom is -0.478 e. The van der Waals surface area contributed by atoms with Crippen LogP contribution < -0.4 is 0 Å². The molecule has 16 aliphatic rings. The Morgan fingerprint density at radius 3 is 1.15 bits per heavy atom. The van der Waals surface area contributed by atoms with Crippen molar-refractivity contribution in [2.24, 2.45) is 0 Å². The zero-order valence-electron chi connectivity index (χ0n) is 22.1. The summed E-state index contributed by atoms with van der Waals surface area (Å²) in [5.74, 6) is -0.921. The first-order valence-corrected chi connectivity index (χ1v) is 13.8. The van der Waals surface area contributed by atoms with Gasteiger partial charge in [-0.15, -0.1) is 0 Å². The van der Waals surface area contributed by atoms with Crippen molar-refractivity contribution >= 4 is 27.5 Å². The van der Waals surface area contributed by atoms with E-state index in [2.05, 4.69) is 127 Å². The van der Waals surface area contributed by atoms with E-state index in [4.69, 9.17) is 0 Å². The quantitative estimate of drug-likeness (QED) is 0.219. The molecule has 16 aliphatic carbocycles. The minimum absolute atomic E-state index is 0.319. The molecule has 14 bridgehead atoms. The van der Waals surface area contributed by atoms with Gasteiger partial charge >= 0.3 is 5.97 Å². The molecule has 7 aromatic carbocycles. The Labute approximate surface area is 234 Å². The van der Waals surface area contributed by atoms with Gasteiger partial charge < -0.3 is 5.11 Å². The molecule has 41 heavy (non-hydrogen) atoms. The molecule has 0 spiro atoms. The van der Waals surface area contributed by atoms with E-state index >= 15 is 0 Å². The molecule has 0 fully saturated rings. The summed E-state index contributed by atoms with van der Waals surface area (Å²) in [4.78, 5) is 12.5. The van der Waals surface area contributed by atoms with Crippen LogP contribution in [0.15, 0.2) is 140 Å². The van der Waals surface area contributed by atoms with Gasteiger partial charge in [0.2, 0.25) is 0 Å². The largest absolute Gasteiger partial charge is 0.478 e. The number of rotatable bonds is 1. The van der Waals surface area contributed by atoms with E-state index in [1.807, 2.05) is 12.1 Å². The van der Waals surface area contributed by atoms with Crippen LogP contribution in [-0.4, -0.2) is 11.1 Å². The first-order valence-electron chi connectivity index (χ1n) is 13.8. The molecule has 0 saturated carbocycles. The monoisotopic (exact) mass is 524 g/mol. The molecule has 1 N–H and O–H groups in total. The molecule has 0 atom stereocenters. The number of hydrogen-bond donors (Lipinski definition) is 1. The van der Waals surface area contributed by atoms with Crippen LogP contribution in [0, 0.1) is 52.2 Å². The van der Waals surface area contributed by atoms with Crippen molar-refractivity contribution in [1.29, 1.82) is 0 Å². The Hall–Kier alpha value is -5.47. The van der Waals surface area contributed by atoms with Crippen LogP contribution >= 0.6 is 0 Å². The lowest BCUT2D eigenvalue weighted by atomic mass is 9.95. The average Bonchev–Trinajstić information content (AvgIpc) is 3.04. The summed E-state index contributed by atoms with van der Waals surface area (Å²) in [5.41, 5.74) is 0.319. The lowest BCUT2D eigenvalue weighted by Crippen LogP contribution is -1.98. The van der Waals surface area contributed by atoms with Gasteiger partial charge in [0.1, 0.15) is 0 Å². The summed E-state index contributed by atoms with van der Waals surface area (Å²) in [7, 11) is 0. The van der Waals surface area contributed by atoms with Crippen molar-refractivity contribution < 1.29 is 9.90 Å². The molecule has 0 amide bonds. The van der Waals surface area contributed by atoms with Crippen LogP contribution in [0.5, 0.6) is 0 Å². The highest BCUT2D eigenvalue weighted by atomic mass is 16.4. The first-order chi connectivity index (χ1) is 20.1. The van der Waals surface area contributed by atoms with Gasteiger partial charge in [-0.25, -0.2) is 4.79 Å². The Kier molecular flexibility index (Phi) is 5.16. The lowest BCUT2D eigenvalue weighted by molar-refractivity contribution is 0.0699. The van der Waals surface area contributed by atoms with Crippen molar-refractivity contribution in [3.63, 3.8) is 0 Å². The molecule has 192 valence electrons. The molecule has 0 heterocycles. The highest BCUT2D eigenvalue weighted by Gasteiger charge is 2.12. The first kappa shape index (κ1) is 23.4. The molecule has 7 aromatic rings. The summed E-state index contributed by atoms with van der Waals surface area (Å²) in [6, 6.07) is 48.7. The second kappa shape index (κ2) is 9.04. The van der Waals surface area contributed by atoms with E-state index in [0.29, 0.717) is 5.56 Å².